The molecule has 0 unspecified atom stereocenters. The van der Waals surface area contributed by atoms with E-state index in [4.69, 9.17) is 4.74 Å². The van der Waals surface area contributed by atoms with Crippen molar-refractivity contribution < 1.29 is 19.1 Å². The summed E-state index contributed by atoms with van der Waals surface area (Å²) in [7, 11) is 1.28. The van der Waals surface area contributed by atoms with Crippen molar-refractivity contribution in [2.45, 2.75) is 13.0 Å². The van der Waals surface area contributed by atoms with Gasteiger partial charge in [-0.25, -0.2) is 4.79 Å². The first-order valence-corrected chi connectivity index (χ1v) is 8.86. The van der Waals surface area contributed by atoms with E-state index in [2.05, 4.69) is 5.32 Å². The second kappa shape index (κ2) is 6.81. The zero-order chi connectivity index (χ0) is 19.8. The van der Waals surface area contributed by atoms with Crippen molar-refractivity contribution in [1.29, 1.82) is 0 Å². The van der Waals surface area contributed by atoms with Crippen molar-refractivity contribution in [1.82, 2.24) is 0 Å². The molecule has 1 aliphatic rings. The van der Waals surface area contributed by atoms with Crippen molar-refractivity contribution in [3.63, 3.8) is 0 Å². The van der Waals surface area contributed by atoms with Crippen molar-refractivity contribution in [3.05, 3.63) is 71.8 Å². The van der Waals surface area contributed by atoms with E-state index in [-0.39, 0.29) is 11.5 Å². The number of anilines is 2. The summed E-state index contributed by atoms with van der Waals surface area (Å²) in [6, 6.07) is 17.0. The second-order valence-electron chi connectivity index (χ2n) is 6.56. The largest absolute Gasteiger partial charge is 0.465 e. The van der Waals surface area contributed by atoms with Crippen molar-refractivity contribution in [3.8, 4) is 0 Å². The van der Waals surface area contributed by atoms with E-state index in [0.717, 1.165) is 10.8 Å². The fraction of sp³-hybridized carbons (Fsp3) is 0.136. The SMILES string of the molecule is COC(=O)c1ccccc1NC(=O)[C@@H](C)N1C(=O)c2cccc3cccc1c23. The maximum Gasteiger partial charge on any atom is 0.339 e. The Morgan fingerprint density at radius 2 is 1.71 bits per heavy atom. The number of esters is 1. The lowest BCUT2D eigenvalue weighted by atomic mass is 10.1. The predicted molar refractivity (Wildman–Crippen MR) is 107 cm³/mol. The summed E-state index contributed by atoms with van der Waals surface area (Å²) in [5, 5.41) is 4.55. The lowest BCUT2D eigenvalue weighted by molar-refractivity contribution is -0.117. The summed E-state index contributed by atoms with van der Waals surface area (Å²) in [5.74, 6) is -1.15. The van der Waals surface area contributed by atoms with Gasteiger partial charge in [-0.2, -0.15) is 0 Å². The molecule has 1 N–H and O–H groups in total. The quantitative estimate of drug-likeness (QED) is 0.708. The molecule has 28 heavy (non-hydrogen) atoms. The van der Waals surface area contributed by atoms with E-state index in [9.17, 15) is 14.4 Å². The fourth-order valence-corrected chi connectivity index (χ4v) is 3.56. The lowest BCUT2D eigenvalue weighted by Gasteiger charge is -2.25. The Hall–Kier alpha value is -3.67. The highest BCUT2D eigenvalue weighted by Gasteiger charge is 2.36. The van der Waals surface area contributed by atoms with Gasteiger partial charge in [0.2, 0.25) is 5.91 Å². The third-order valence-corrected chi connectivity index (χ3v) is 4.95. The van der Waals surface area contributed by atoms with Crippen LogP contribution in [0.1, 0.15) is 27.6 Å². The number of benzene rings is 3. The number of methoxy groups -OCH3 is 1. The summed E-state index contributed by atoms with van der Waals surface area (Å²) in [4.78, 5) is 39.3. The molecule has 1 atom stereocenters. The number of hydrogen-bond donors (Lipinski definition) is 1. The zero-order valence-electron chi connectivity index (χ0n) is 15.4. The minimum atomic E-state index is -0.767. The van der Waals surface area contributed by atoms with E-state index < -0.39 is 17.9 Å². The van der Waals surface area contributed by atoms with Gasteiger partial charge >= 0.3 is 5.97 Å². The molecule has 6 nitrogen and oxygen atoms in total. The van der Waals surface area contributed by atoms with Crippen LogP contribution in [0.3, 0.4) is 0 Å². The van der Waals surface area contributed by atoms with Gasteiger partial charge in [-0.05, 0) is 36.6 Å². The molecule has 6 heteroatoms. The number of nitrogens with zero attached hydrogens (tertiary/aromatic N) is 1. The van der Waals surface area contributed by atoms with E-state index >= 15 is 0 Å². The van der Waals surface area contributed by atoms with E-state index in [0.29, 0.717) is 16.9 Å². The van der Waals surface area contributed by atoms with Crippen LogP contribution in [0.15, 0.2) is 60.7 Å². The highest BCUT2D eigenvalue weighted by Crippen LogP contribution is 2.38. The monoisotopic (exact) mass is 374 g/mol. The molecule has 3 aromatic carbocycles. The average molecular weight is 374 g/mol. The van der Waals surface area contributed by atoms with Crippen LogP contribution in [0, 0.1) is 0 Å². The van der Waals surface area contributed by atoms with Crippen LogP contribution in [0.5, 0.6) is 0 Å². The Morgan fingerprint density at radius 3 is 2.46 bits per heavy atom. The Kier molecular flexibility index (Phi) is 4.31. The third-order valence-electron chi connectivity index (χ3n) is 4.95. The van der Waals surface area contributed by atoms with Gasteiger partial charge in [0.05, 0.1) is 24.0 Å². The first kappa shape index (κ1) is 17.7. The minimum absolute atomic E-state index is 0.212. The number of rotatable bonds is 4. The fourth-order valence-electron chi connectivity index (χ4n) is 3.56. The van der Waals surface area contributed by atoms with Gasteiger partial charge in [0, 0.05) is 10.9 Å². The third kappa shape index (κ3) is 2.70. The number of carbonyl (C=O) groups excluding carboxylic acids is 3. The Bertz CT molecular complexity index is 1120. The van der Waals surface area contributed by atoms with Crippen LogP contribution in [0.2, 0.25) is 0 Å². The molecule has 4 rings (SSSR count). The van der Waals surface area contributed by atoms with Crippen LogP contribution in [0.25, 0.3) is 10.8 Å². The Balaban J connectivity index is 1.66. The molecule has 0 saturated heterocycles. The van der Waals surface area contributed by atoms with Crippen LogP contribution in [-0.4, -0.2) is 30.9 Å². The van der Waals surface area contributed by atoms with Gasteiger partial charge in [-0.3, -0.25) is 14.5 Å². The summed E-state index contributed by atoms with van der Waals surface area (Å²) < 4.78 is 4.76. The lowest BCUT2D eigenvalue weighted by Crippen LogP contribution is -2.44. The molecule has 0 saturated carbocycles. The Labute approximate surface area is 161 Å². The van der Waals surface area contributed by atoms with Crippen LogP contribution in [-0.2, 0) is 9.53 Å². The van der Waals surface area contributed by atoms with Crippen LogP contribution in [0.4, 0.5) is 11.4 Å². The van der Waals surface area contributed by atoms with Crippen molar-refractivity contribution in [2.24, 2.45) is 0 Å². The Morgan fingerprint density at radius 1 is 1.00 bits per heavy atom. The normalized spacial score (nSPS) is 13.5. The average Bonchev–Trinajstić information content (AvgIpc) is 3.01. The van der Waals surface area contributed by atoms with Crippen LogP contribution >= 0.6 is 0 Å². The highest BCUT2D eigenvalue weighted by molar-refractivity contribution is 6.27. The number of ether oxygens (including phenoxy) is 1. The molecule has 0 bridgehead atoms. The van der Waals surface area contributed by atoms with Crippen molar-refractivity contribution in [2.75, 3.05) is 17.3 Å². The predicted octanol–water partition coefficient (Wildman–Crippen LogP) is 3.61. The minimum Gasteiger partial charge on any atom is -0.465 e. The molecule has 1 aliphatic heterocycles. The first-order chi connectivity index (χ1) is 13.5. The molecular weight excluding hydrogens is 356 g/mol. The van der Waals surface area contributed by atoms with Gasteiger partial charge in [-0.1, -0.05) is 36.4 Å². The number of carbonyl (C=O) groups is 3. The molecule has 0 aromatic heterocycles. The molecule has 0 radical (unpaired) electrons. The van der Waals surface area contributed by atoms with E-state index in [1.54, 1.807) is 37.3 Å². The zero-order valence-corrected chi connectivity index (χ0v) is 15.4. The summed E-state index contributed by atoms with van der Waals surface area (Å²) in [6.07, 6.45) is 0. The molecule has 0 aliphatic carbocycles. The molecule has 1 heterocycles. The van der Waals surface area contributed by atoms with Gasteiger partial charge in [0.25, 0.3) is 5.91 Å². The van der Waals surface area contributed by atoms with Gasteiger partial charge < -0.3 is 10.1 Å². The second-order valence-corrected chi connectivity index (χ2v) is 6.56. The number of hydrogen-bond acceptors (Lipinski definition) is 4. The van der Waals surface area contributed by atoms with Gasteiger partial charge in [-0.15, -0.1) is 0 Å². The summed E-state index contributed by atoms with van der Waals surface area (Å²) >= 11 is 0. The summed E-state index contributed by atoms with van der Waals surface area (Å²) in [6.45, 7) is 1.67. The number of nitrogens with one attached hydrogen (secondary N) is 1. The number of para-hydroxylation sites is 1. The number of amides is 2. The highest BCUT2D eigenvalue weighted by atomic mass is 16.5. The maximum atomic E-state index is 13.0. The van der Waals surface area contributed by atoms with Gasteiger partial charge in [0.15, 0.2) is 0 Å². The maximum absolute atomic E-state index is 13.0. The molecule has 3 aromatic rings. The molecular formula is C22H18N2O4. The summed E-state index contributed by atoms with van der Waals surface area (Å²) in [5.41, 5.74) is 1.89. The van der Waals surface area contributed by atoms with Crippen molar-refractivity contribution >= 4 is 39.9 Å². The smallest absolute Gasteiger partial charge is 0.339 e. The van der Waals surface area contributed by atoms with Gasteiger partial charge in [0.1, 0.15) is 6.04 Å². The van der Waals surface area contributed by atoms with E-state index in [1.807, 2.05) is 30.3 Å². The molecule has 140 valence electrons. The molecule has 0 fully saturated rings. The standard InChI is InChI=1S/C22H18N2O4/c1-13(20(25)23-17-11-4-3-9-15(17)22(27)28-2)24-18-12-6-8-14-7-5-10-16(19(14)18)21(24)26/h3-13H,1-2H3,(H,23,25)/t13-/m1/s1. The molecule has 2 amide bonds. The molecule has 0 spiro atoms. The topological polar surface area (TPSA) is 75.7 Å². The first-order valence-electron chi connectivity index (χ1n) is 8.86. The van der Waals surface area contributed by atoms with E-state index in [1.165, 1.54) is 12.0 Å². The van der Waals surface area contributed by atoms with Crippen LogP contribution < -0.4 is 10.2 Å².